The second kappa shape index (κ2) is 9.39. The molecule has 2 nitrogen and oxygen atoms in total. The molecule has 0 aromatic heterocycles. The molecule has 0 bridgehead atoms. The van der Waals surface area contributed by atoms with Gasteiger partial charge in [-0.3, -0.25) is 0 Å². The maximum absolute atomic E-state index is 12.3. The van der Waals surface area contributed by atoms with Crippen LogP contribution < -0.4 is 61.6 Å². The van der Waals surface area contributed by atoms with E-state index in [-0.39, 0.29) is 51.4 Å². The first-order chi connectivity index (χ1) is 8.04. The van der Waals surface area contributed by atoms with Gasteiger partial charge in [-0.1, -0.05) is 12.1 Å². The van der Waals surface area contributed by atoms with Gasteiger partial charge in [0.05, 0.1) is 6.61 Å². The van der Waals surface area contributed by atoms with Crippen LogP contribution in [0.25, 0.3) is 0 Å². The summed E-state index contributed by atoms with van der Waals surface area (Å²) in [6.45, 7) is -1.33. The SMILES string of the molecule is CCOCCCOc1ccc([B-](F)(F)F)cc1.[K+]. The van der Waals surface area contributed by atoms with Gasteiger partial charge in [0.15, 0.2) is 0 Å². The number of ether oxygens (including phenoxy) is 2. The molecule has 0 spiro atoms. The minimum absolute atomic E-state index is 0. The van der Waals surface area contributed by atoms with Crippen LogP contribution in [0.1, 0.15) is 13.3 Å². The van der Waals surface area contributed by atoms with E-state index in [1.165, 1.54) is 12.1 Å². The largest absolute Gasteiger partial charge is 1.00 e. The number of rotatable bonds is 7. The van der Waals surface area contributed by atoms with E-state index in [0.29, 0.717) is 25.6 Å². The Hall–Kier alpha value is 0.471. The van der Waals surface area contributed by atoms with Gasteiger partial charge < -0.3 is 22.4 Å². The van der Waals surface area contributed by atoms with Crippen LogP contribution in [0.5, 0.6) is 5.75 Å². The third-order valence-corrected chi connectivity index (χ3v) is 2.16. The second-order valence-electron chi connectivity index (χ2n) is 3.54. The van der Waals surface area contributed by atoms with E-state index in [4.69, 9.17) is 9.47 Å². The Morgan fingerprint density at radius 3 is 2.17 bits per heavy atom. The standard InChI is InChI=1S/C11H15BF3O2.K/c1-2-16-8-3-9-17-11-6-4-10(5-7-11)12(13,14)15;/h4-7H,2-3,8-9H2,1H3;/q-1;+1. The van der Waals surface area contributed by atoms with Gasteiger partial charge in [-0.05, 0) is 19.1 Å². The fourth-order valence-corrected chi connectivity index (χ4v) is 1.28. The Morgan fingerprint density at radius 2 is 1.67 bits per heavy atom. The van der Waals surface area contributed by atoms with Crippen molar-refractivity contribution in [3.05, 3.63) is 24.3 Å². The molecule has 7 heteroatoms. The summed E-state index contributed by atoms with van der Waals surface area (Å²) in [5.41, 5.74) is -0.605. The Balaban J connectivity index is 0.00000289. The molecule has 0 fully saturated rings. The molecule has 0 aliphatic heterocycles. The summed E-state index contributed by atoms with van der Waals surface area (Å²) in [6.07, 6.45) is 0.721. The molecule has 96 valence electrons. The number of benzene rings is 1. The van der Waals surface area contributed by atoms with Gasteiger partial charge in [-0.15, -0.1) is 5.46 Å². The van der Waals surface area contributed by atoms with Crippen LogP contribution in [-0.2, 0) is 4.74 Å². The Bertz CT molecular complexity index is 330. The maximum Gasteiger partial charge on any atom is 1.00 e. The molecule has 0 aliphatic carbocycles. The van der Waals surface area contributed by atoms with E-state index in [2.05, 4.69) is 0 Å². The summed E-state index contributed by atoms with van der Waals surface area (Å²) in [6, 6.07) is 4.76. The average molecular weight is 286 g/mol. The molecular formula is C11H15BF3KO2. The van der Waals surface area contributed by atoms with Crippen LogP contribution in [0.3, 0.4) is 0 Å². The van der Waals surface area contributed by atoms with Gasteiger partial charge in [0.25, 0.3) is 0 Å². The van der Waals surface area contributed by atoms with Crippen molar-refractivity contribution < 1.29 is 73.8 Å². The molecule has 0 unspecified atom stereocenters. The Kier molecular flexibility index (Phi) is 9.63. The summed E-state index contributed by atoms with van der Waals surface area (Å²) < 4.78 is 47.3. The minimum atomic E-state index is -4.92. The molecule has 1 aromatic carbocycles. The van der Waals surface area contributed by atoms with E-state index in [1.54, 1.807) is 0 Å². The van der Waals surface area contributed by atoms with Gasteiger partial charge >= 0.3 is 58.4 Å². The molecule has 0 heterocycles. The molecule has 18 heavy (non-hydrogen) atoms. The van der Waals surface area contributed by atoms with E-state index in [9.17, 15) is 12.9 Å². The quantitative estimate of drug-likeness (QED) is 0.499. The van der Waals surface area contributed by atoms with Crippen LogP contribution >= 0.6 is 0 Å². The number of hydrogen-bond acceptors (Lipinski definition) is 2. The van der Waals surface area contributed by atoms with Crippen molar-refractivity contribution in [3.63, 3.8) is 0 Å². The van der Waals surface area contributed by atoms with E-state index in [0.717, 1.165) is 18.6 Å². The van der Waals surface area contributed by atoms with Crippen molar-refractivity contribution in [2.24, 2.45) is 0 Å². The predicted molar refractivity (Wildman–Crippen MR) is 61.8 cm³/mol. The molecule has 0 radical (unpaired) electrons. The van der Waals surface area contributed by atoms with Gasteiger partial charge in [-0.25, -0.2) is 0 Å². The first-order valence-corrected chi connectivity index (χ1v) is 5.54. The zero-order chi connectivity index (χ0) is 12.7. The second-order valence-corrected chi connectivity index (χ2v) is 3.54. The third kappa shape index (κ3) is 7.16. The fourth-order valence-electron chi connectivity index (χ4n) is 1.28. The van der Waals surface area contributed by atoms with Crippen molar-refractivity contribution >= 4 is 12.4 Å². The van der Waals surface area contributed by atoms with E-state index in [1.807, 2.05) is 6.92 Å². The van der Waals surface area contributed by atoms with Gasteiger partial charge in [0.1, 0.15) is 5.75 Å². The molecule has 1 rings (SSSR count). The van der Waals surface area contributed by atoms with E-state index >= 15 is 0 Å². The summed E-state index contributed by atoms with van der Waals surface area (Å²) in [4.78, 5) is 0. The van der Waals surface area contributed by atoms with Crippen LogP contribution in [-0.4, -0.2) is 26.8 Å². The van der Waals surface area contributed by atoms with E-state index < -0.39 is 12.4 Å². The third-order valence-electron chi connectivity index (χ3n) is 2.16. The van der Waals surface area contributed by atoms with Crippen molar-refractivity contribution in [1.82, 2.24) is 0 Å². The zero-order valence-electron chi connectivity index (χ0n) is 10.7. The monoisotopic (exact) mass is 286 g/mol. The summed E-state index contributed by atoms with van der Waals surface area (Å²) in [7, 11) is 0. The molecule has 0 saturated carbocycles. The van der Waals surface area contributed by atoms with Crippen LogP contribution in [0.2, 0.25) is 0 Å². The molecule has 0 atom stereocenters. The van der Waals surface area contributed by atoms with Crippen molar-refractivity contribution in [2.45, 2.75) is 13.3 Å². The zero-order valence-corrected chi connectivity index (χ0v) is 13.8. The Morgan fingerprint density at radius 1 is 1.06 bits per heavy atom. The minimum Gasteiger partial charge on any atom is -0.494 e. The van der Waals surface area contributed by atoms with Crippen molar-refractivity contribution in [3.8, 4) is 5.75 Å². The normalized spacial score (nSPS) is 10.9. The summed E-state index contributed by atoms with van der Waals surface area (Å²) in [5.74, 6) is 0.449. The maximum atomic E-state index is 12.3. The van der Waals surface area contributed by atoms with Crippen molar-refractivity contribution in [2.75, 3.05) is 19.8 Å². The van der Waals surface area contributed by atoms with Gasteiger partial charge in [-0.2, -0.15) is 0 Å². The molecule has 0 amide bonds. The van der Waals surface area contributed by atoms with Gasteiger partial charge in [0.2, 0.25) is 0 Å². The Labute approximate surface area is 148 Å². The van der Waals surface area contributed by atoms with Crippen LogP contribution in [0.15, 0.2) is 24.3 Å². The van der Waals surface area contributed by atoms with Gasteiger partial charge in [0, 0.05) is 19.6 Å². The summed E-state index contributed by atoms with van der Waals surface area (Å²) >= 11 is 0. The smallest absolute Gasteiger partial charge is 0.494 e. The topological polar surface area (TPSA) is 18.5 Å². The first-order valence-electron chi connectivity index (χ1n) is 5.54. The average Bonchev–Trinajstić information content (AvgIpc) is 2.28. The van der Waals surface area contributed by atoms with Crippen LogP contribution in [0.4, 0.5) is 12.9 Å². The number of halogens is 3. The molecule has 0 saturated heterocycles. The van der Waals surface area contributed by atoms with Crippen LogP contribution in [0, 0.1) is 0 Å². The first kappa shape index (κ1) is 18.5. The van der Waals surface area contributed by atoms with Crippen molar-refractivity contribution in [1.29, 1.82) is 0 Å². The number of hydrogen-bond donors (Lipinski definition) is 0. The fraction of sp³-hybridized carbons (Fsp3) is 0.455. The molecule has 1 aromatic rings. The molecule has 0 N–H and O–H groups in total. The molecular weight excluding hydrogens is 271 g/mol. The summed E-state index contributed by atoms with van der Waals surface area (Å²) in [5, 5.41) is 0. The molecule has 0 aliphatic rings. The predicted octanol–water partition coefficient (Wildman–Crippen LogP) is -0.450.